The zero-order valence-electron chi connectivity index (χ0n) is 11.0. The molecule has 1 fully saturated rings. The number of thiazole rings is 1. The Morgan fingerprint density at radius 1 is 1.42 bits per heavy atom. The molecule has 0 bridgehead atoms. The topological polar surface area (TPSA) is 77.8 Å². The van der Waals surface area contributed by atoms with Crippen molar-refractivity contribution < 1.29 is 4.52 Å². The van der Waals surface area contributed by atoms with Crippen molar-refractivity contribution in [3.63, 3.8) is 0 Å². The molecule has 2 unspecified atom stereocenters. The Balaban J connectivity index is 1.69. The van der Waals surface area contributed by atoms with Crippen molar-refractivity contribution in [3.05, 3.63) is 27.8 Å². The Morgan fingerprint density at radius 3 is 3.05 bits per heavy atom. The summed E-state index contributed by atoms with van der Waals surface area (Å²) in [5.74, 6) is 1.80. The lowest BCUT2D eigenvalue weighted by atomic mass is 9.86. The zero-order valence-corrected chi connectivity index (χ0v) is 11.8. The molecule has 0 saturated heterocycles. The fourth-order valence-corrected chi connectivity index (χ4v) is 3.22. The van der Waals surface area contributed by atoms with Gasteiger partial charge in [-0.2, -0.15) is 4.98 Å². The van der Waals surface area contributed by atoms with Gasteiger partial charge in [-0.25, -0.2) is 4.98 Å². The van der Waals surface area contributed by atoms with Crippen LogP contribution >= 0.6 is 11.3 Å². The lowest BCUT2D eigenvalue weighted by Gasteiger charge is -2.23. The van der Waals surface area contributed by atoms with Crippen LogP contribution in [0.4, 0.5) is 0 Å². The van der Waals surface area contributed by atoms with Gasteiger partial charge in [0.2, 0.25) is 5.89 Å². The summed E-state index contributed by atoms with van der Waals surface area (Å²) in [5, 5.41) is 7.17. The third-order valence-corrected chi connectivity index (χ3v) is 4.38. The molecule has 2 heterocycles. The number of aryl methyl sites for hydroxylation is 1. The maximum absolute atomic E-state index is 6.00. The zero-order chi connectivity index (χ0) is 13.2. The molecule has 2 aromatic rings. The van der Waals surface area contributed by atoms with Crippen LogP contribution in [0.15, 0.2) is 9.90 Å². The van der Waals surface area contributed by atoms with Crippen molar-refractivity contribution >= 4 is 11.3 Å². The minimum absolute atomic E-state index is 0.273. The molecule has 2 atom stereocenters. The summed E-state index contributed by atoms with van der Waals surface area (Å²) in [7, 11) is 0. The third-order valence-electron chi connectivity index (χ3n) is 3.55. The average molecular weight is 278 g/mol. The van der Waals surface area contributed by atoms with Gasteiger partial charge >= 0.3 is 0 Å². The molecule has 6 heteroatoms. The van der Waals surface area contributed by atoms with Gasteiger partial charge in [0, 0.05) is 17.3 Å². The smallest absolute Gasteiger partial charge is 0.229 e. The molecule has 0 spiro atoms. The first-order valence-electron chi connectivity index (χ1n) is 6.70. The van der Waals surface area contributed by atoms with Crippen LogP contribution in [0, 0.1) is 6.92 Å². The molecular weight excluding hydrogens is 260 g/mol. The summed E-state index contributed by atoms with van der Waals surface area (Å²) < 4.78 is 5.39. The highest BCUT2D eigenvalue weighted by atomic mass is 32.1. The quantitative estimate of drug-likeness (QED) is 0.932. The van der Waals surface area contributed by atoms with Crippen molar-refractivity contribution in [2.24, 2.45) is 5.73 Å². The normalized spacial score (nSPS) is 23.7. The Kier molecular flexibility index (Phi) is 3.61. The van der Waals surface area contributed by atoms with Gasteiger partial charge in [0.15, 0.2) is 5.82 Å². The SMILES string of the molecule is Cc1nc(Cc2noc(C3CCCC(N)C3)n2)cs1. The molecule has 0 aromatic carbocycles. The van der Waals surface area contributed by atoms with Crippen LogP contribution in [0.1, 0.15) is 54.0 Å². The number of nitrogens with two attached hydrogens (primary N) is 1. The van der Waals surface area contributed by atoms with E-state index in [1.165, 1.54) is 0 Å². The molecule has 2 N–H and O–H groups in total. The fraction of sp³-hybridized carbons (Fsp3) is 0.615. The molecule has 5 nitrogen and oxygen atoms in total. The van der Waals surface area contributed by atoms with Gasteiger partial charge in [-0.1, -0.05) is 11.6 Å². The molecule has 102 valence electrons. The average Bonchev–Trinajstić information content (AvgIpc) is 2.99. The molecule has 0 aliphatic heterocycles. The second-order valence-electron chi connectivity index (χ2n) is 5.21. The first kappa shape index (κ1) is 12.7. The van der Waals surface area contributed by atoms with E-state index >= 15 is 0 Å². The summed E-state index contributed by atoms with van der Waals surface area (Å²) in [6.45, 7) is 2.00. The molecule has 0 amide bonds. The Morgan fingerprint density at radius 2 is 2.32 bits per heavy atom. The van der Waals surface area contributed by atoms with E-state index in [2.05, 4.69) is 15.1 Å². The maximum Gasteiger partial charge on any atom is 0.229 e. The number of hydrogen-bond donors (Lipinski definition) is 1. The molecule has 19 heavy (non-hydrogen) atoms. The number of nitrogens with zero attached hydrogens (tertiary/aromatic N) is 3. The van der Waals surface area contributed by atoms with Crippen LogP contribution in [0.3, 0.4) is 0 Å². The number of aromatic nitrogens is 3. The van der Waals surface area contributed by atoms with E-state index in [4.69, 9.17) is 10.3 Å². The monoisotopic (exact) mass is 278 g/mol. The first-order chi connectivity index (χ1) is 9.20. The van der Waals surface area contributed by atoms with Gasteiger partial charge in [-0.3, -0.25) is 0 Å². The van der Waals surface area contributed by atoms with Crippen molar-refractivity contribution in [3.8, 4) is 0 Å². The van der Waals surface area contributed by atoms with Gasteiger partial charge in [-0.15, -0.1) is 11.3 Å². The number of hydrogen-bond acceptors (Lipinski definition) is 6. The minimum Gasteiger partial charge on any atom is -0.339 e. The van der Waals surface area contributed by atoms with E-state index < -0.39 is 0 Å². The molecule has 1 aliphatic rings. The summed E-state index contributed by atoms with van der Waals surface area (Å²) >= 11 is 1.65. The van der Waals surface area contributed by atoms with Gasteiger partial charge in [0.1, 0.15) is 0 Å². The minimum atomic E-state index is 0.273. The van der Waals surface area contributed by atoms with Gasteiger partial charge < -0.3 is 10.3 Å². The van der Waals surface area contributed by atoms with Crippen molar-refractivity contribution in [1.82, 2.24) is 15.1 Å². The molecular formula is C13H18N4OS. The Labute approximate surface area is 116 Å². The highest BCUT2D eigenvalue weighted by Crippen LogP contribution is 2.31. The highest BCUT2D eigenvalue weighted by molar-refractivity contribution is 7.09. The van der Waals surface area contributed by atoms with Crippen molar-refractivity contribution in [2.45, 2.75) is 51.0 Å². The van der Waals surface area contributed by atoms with E-state index in [1.54, 1.807) is 11.3 Å². The van der Waals surface area contributed by atoms with Crippen LogP contribution < -0.4 is 5.73 Å². The molecule has 3 rings (SSSR count). The maximum atomic E-state index is 6.00. The Bertz CT molecular complexity index is 550. The lowest BCUT2D eigenvalue weighted by molar-refractivity contribution is 0.297. The summed E-state index contributed by atoms with van der Waals surface area (Å²) in [5.41, 5.74) is 7.01. The highest BCUT2D eigenvalue weighted by Gasteiger charge is 2.25. The van der Waals surface area contributed by atoms with E-state index in [-0.39, 0.29) is 6.04 Å². The van der Waals surface area contributed by atoms with Crippen LogP contribution in [0.2, 0.25) is 0 Å². The van der Waals surface area contributed by atoms with Crippen LogP contribution in [0.25, 0.3) is 0 Å². The molecule has 0 radical (unpaired) electrons. The largest absolute Gasteiger partial charge is 0.339 e. The van der Waals surface area contributed by atoms with E-state index in [0.29, 0.717) is 12.3 Å². The molecule has 2 aromatic heterocycles. The second kappa shape index (κ2) is 5.38. The van der Waals surface area contributed by atoms with Gasteiger partial charge in [-0.05, 0) is 26.2 Å². The van der Waals surface area contributed by atoms with Crippen LogP contribution in [-0.4, -0.2) is 21.2 Å². The first-order valence-corrected chi connectivity index (χ1v) is 7.57. The van der Waals surface area contributed by atoms with Crippen molar-refractivity contribution in [1.29, 1.82) is 0 Å². The van der Waals surface area contributed by atoms with Crippen molar-refractivity contribution in [2.75, 3.05) is 0 Å². The van der Waals surface area contributed by atoms with Gasteiger partial charge in [0.25, 0.3) is 0 Å². The predicted octanol–water partition coefficient (Wildman–Crippen LogP) is 2.41. The third kappa shape index (κ3) is 3.01. The predicted molar refractivity (Wildman–Crippen MR) is 73.1 cm³/mol. The van der Waals surface area contributed by atoms with Crippen LogP contribution in [-0.2, 0) is 6.42 Å². The molecule has 1 saturated carbocycles. The summed E-state index contributed by atoms with van der Waals surface area (Å²) in [6, 6.07) is 0.273. The lowest BCUT2D eigenvalue weighted by Crippen LogP contribution is -2.26. The van der Waals surface area contributed by atoms with E-state index in [1.807, 2.05) is 12.3 Å². The van der Waals surface area contributed by atoms with E-state index in [0.717, 1.165) is 48.1 Å². The van der Waals surface area contributed by atoms with E-state index in [9.17, 15) is 0 Å². The molecule has 1 aliphatic carbocycles. The van der Waals surface area contributed by atoms with Gasteiger partial charge in [0.05, 0.1) is 17.1 Å². The standard InChI is InChI=1S/C13H18N4OS/c1-8-15-11(7-19-8)6-12-16-13(18-17-12)9-3-2-4-10(14)5-9/h7,9-10H,2-6,14H2,1H3. The summed E-state index contributed by atoms with van der Waals surface area (Å²) in [4.78, 5) is 8.92. The summed E-state index contributed by atoms with van der Waals surface area (Å²) in [6.07, 6.45) is 4.96. The number of rotatable bonds is 3. The van der Waals surface area contributed by atoms with Crippen LogP contribution in [0.5, 0.6) is 0 Å². The fourth-order valence-electron chi connectivity index (χ4n) is 2.61. The Hall–Kier alpha value is -1.27. The second-order valence-corrected chi connectivity index (χ2v) is 6.27.